The van der Waals surface area contributed by atoms with Crippen molar-refractivity contribution in [2.24, 2.45) is 0 Å². The van der Waals surface area contributed by atoms with E-state index in [4.69, 9.17) is 5.11 Å². The fourth-order valence-corrected chi connectivity index (χ4v) is 2.69. The molecule has 0 aromatic heterocycles. The van der Waals surface area contributed by atoms with Crippen LogP contribution in [0.2, 0.25) is 0 Å². The lowest BCUT2D eigenvalue weighted by molar-refractivity contribution is -0.126. The Morgan fingerprint density at radius 3 is 2.85 bits per heavy atom. The van der Waals surface area contributed by atoms with Crippen LogP contribution in [0.25, 0.3) is 6.08 Å². The number of aliphatic hydroxyl groups excluding tert-OH is 1. The quantitative estimate of drug-likeness (QED) is 0.838. The molecular formula is C17H23NO2. The molecule has 2 rings (SSSR count). The van der Waals surface area contributed by atoms with Gasteiger partial charge in [-0.15, -0.1) is 0 Å². The van der Waals surface area contributed by atoms with Crippen LogP contribution in [0.4, 0.5) is 0 Å². The number of hydrogen-bond acceptors (Lipinski definition) is 2. The zero-order valence-electron chi connectivity index (χ0n) is 12.1. The Balaban J connectivity index is 1.94. The molecule has 3 heteroatoms. The minimum Gasteiger partial charge on any atom is -0.396 e. The molecule has 1 aliphatic rings. The number of aliphatic hydroxyl groups is 1. The van der Waals surface area contributed by atoms with Crippen LogP contribution in [-0.4, -0.2) is 35.1 Å². The highest BCUT2D eigenvalue weighted by Crippen LogP contribution is 2.21. The van der Waals surface area contributed by atoms with E-state index in [1.165, 1.54) is 5.56 Å². The van der Waals surface area contributed by atoms with E-state index in [1.807, 2.05) is 35.2 Å². The molecule has 108 valence electrons. The monoisotopic (exact) mass is 273 g/mol. The Labute approximate surface area is 120 Å². The summed E-state index contributed by atoms with van der Waals surface area (Å²) in [6.07, 6.45) is 7.35. The van der Waals surface area contributed by atoms with Gasteiger partial charge in [-0.1, -0.05) is 29.8 Å². The van der Waals surface area contributed by atoms with Gasteiger partial charge in [-0.2, -0.15) is 0 Å². The molecule has 1 N–H and O–H groups in total. The second-order valence-electron chi connectivity index (χ2n) is 5.44. The topological polar surface area (TPSA) is 40.5 Å². The van der Waals surface area contributed by atoms with Gasteiger partial charge in [0.05, 0.1) is 0 Å². The van der Waals surface area contributed by atoms with Crippen molar-refractivity contribution in [3.8, 4) is 0 Å². The van der Waals surface area contributed by atoms with E-state index < -0.39 is 0 Å². The predicted octanol–water partition coefficient (Wildman–Crippen LogP) is 2.77. The zero-order chi connectivity index (χ0) is 14.4. The molecule has 0 radical (unpaired) electrons. The normalized spacial score (nSPS) is 18.9. The number of rotatable bonds is 5. The van der Waals surface area contributed by atoms with Crippen molar-refractivity contribution in [3.05, 3.63) is 41.5 Å². The summed E-state index contributed by atoms with van der Waals surface area (Å²) in [6.45, 7) is 3.10. The summed E-state index contributed by atoms with van der Waals surface area (Å²) < 4.78 is 0. The van der Waals surface area contributed by atoms with E-state index in [9.17, 15) is 4.79 Å². The average Bonchev–Trinajstić information content (AvgIpc) is 2.92. The third-order valence-electron chi connectivity index (χ3n) is 3.85. The Hall–Kier alpha value is -1.61. The summed E-state index contributed by atoms with van der Waals surface area (Å²) in [5, 5.41) is 8.91. The summed E-state index contributed by atoms with van der Waals surface area (Å²) in [7, 11) is 0. The summed E-state index contributed by atoms with van der Waals surface area (Å²) in [6, 6.07) is 8.43. The van der Waals surface area contributed by atoms with E-state index in [-0.39, 0.29) is 12.5 Å². The largest absolute Gasteiger partial charge is 0.396 e. The highest BCUT2D eigenvalue weighted by molar-refractivity contribution is 5.92. The van der Waals surface area contributed by atoms with Crippen molar-refractivity contribution in [1.82, 2.24) is 4.90 Å². The Morgan fingerprint density at radius 1 is 1.40 bits per heavy atom. The van der Waals surface area contributed by atoms with Gasteiger partial charge in [0.2, 0.25) is 5.91 Å². The van der Waals surface area contributed by atoms with Gasteiger partial charge in [0.25, 0.3) is 0 Å². The number of nitrogens with zero attached hydrogens (tertiary/aromatic N) is 1. The van der Waals surface area contributed by atoms with Crippen LogP contribution in [0.3, 0.4) is 0 Å². The first-order valence-corrected chi connectivity index (χ1v) is 7.37. The van der Waals surface area contributed by atoms with Gasteiger partial charge in [0, 0.05) is 25.3 Å². The first-order chi connectivity index (χ1) is 9.70. The molecule has 20 heavy (non-hydrogen) atoms. The van der Waals surface area contributed by atoms with Gasteiger partial charge >= 0.3 is 0 Å². The smallest absolute Gasteiger partial charge is 0.246 e. The maximum absolute atomic E-state index is 12.2. The van der Waals surface area contributed by atoms with Crippen molar-refractivity contribution in [1.29, 1.82) is 0 Å². The molecule has 1 heterocycles. The SMILES string of the molecule is Cc1ccc(C=CC(=O)N2CCCC2CCCO)cc1. The average molecular weight is 273 g/mol. The molecule has 1 saturated heterocycles. The van der Waals surface area contributed by atoms with Crippen LogP contribution in [0.5, 0.6) is 0 Å². The van der Waals surface area contributed by atoms with Gasteiger partial charge in [0.1, 0.15) is 0 Å². The van der Waals surface area contributed by atoms with Crippen molar-refractivity contribution in [2.45, 2.75) is 38.6 Å². The third-order valence-corrected chi connectivity index (χ3v) is 3.85. The fraction of sp³-hybridized carbons (Fsp3) is 0.471. The molecule has 0 saturated carbocycles. The number of likely N-dealkylation sites (tertiary alicyclic amines) is 1. The first-order valence-electron chi connectivity index (χ1n) is 7.37. The van der Waals surface area contributed by atoms with Crippen LogP contribution >= 0.6 is 0 Å². The molecule has 1 aromatic carbocycles. The molecule has 1 amide bonds. The second-order valence-corrected chi connectivity index (χ2v) is 5.44. The second kappa shape index (κ2) is 7.25. The Kier molecular flexibility index (Phi) is 5.36. The summed E-state index contributed by atoms with van der Waals surface area (Å²) in [4.78, 5) is 14.2. The van der Waals surface area contributed by atoms with Gasteiger partial charge in [-0.05, 0) is 44.2 Å². The molecule has 1 fully saturated rings. The minimum atomic E-state index is 0.0889. The summed E-state index contributed by atoms with van der Waals surface area (Å²) in [5.41, 5.74) is 2.27. The summed E-state index contributed by atoms with van der Waals surface area (Å²) in [5.74, 6) is 0.0889. The standard InChI is InChI=1S/C17H23NO2/c1-14-6-8-15(9-7-14)10-11-17(20)18-12-2-4-16(18)5-3-13-19/h6-11,16,19H,2-5,12-13H2,1H3. The minimum absolute atomic E-state index is 0.0889. The highest BCUT2D eigenvalue weighted by atomic mass is 16.3. The Morgan fingerprint density at radius 2 is 2.15 bits per heavy atom. The number of hydrogen-bond donors (Lipinski definition) is 1. The van der Waals surface area contributed by atoms with E-state index in [0.29, 0.717) is 6.04 Å². The molecule has 1 aromatic rings. The molecule has 1 aliphatic heterocycles. The first kappa shape index (κ1) is 14.8. The van der Waals surface area contributed by atoms with E-state index in [0.717, 1.165) is 37.8 Å². The number of carbonyl (C=O) groups excluding carboxylic acids is 1. The lowest BCUT2D eigenvalue weighted by atomic mass is 10.1. The number of carbonyl (C=O) groups is 1. The lowest BCUT2D eigenvalue weighted by Crippen LogP contribution is -2.34. The van der Waals surface area contributed by atoms with Crippen LogP contribution < -0.4 is 0 Å². The molecule has 1 atom stereocenters. The van der Waals surface area contributed by atoms with E-state index in [2.05, 4.69) is 6.92 Å². The summed E-state index contributed by atoms with van der Waals surface area (Å²) >= 11 is 0. The molecule has 0 spiro atoms. The van der Waals surface area contributed by atoms with E-state index in [1.54, 1.807) is 6.08 Å². The van der Waals surface area contributed by atoms with Crippen molar-refractivity contribution >= 4 is 12.0 Å². The predicted molar refractivity (Wildman–Crippen MR) is 81.3 cm³/mol. The van der Waals surface area contributed by atoms with E-state index >= 15 is 0 Å². The van der Waals surface area contributed by atoms with Gasteiger partial charge in [-0.3, -0.25) is 4.79 Å². The van der Waals surface area contributed by atoms with Crippen LogP contribution in [0, 0.1) is 6.92 Å². The lowest BCUT2D eigenvalue weighted by Gasteiger charge is -2.23. The molecular weight excluding hydrogens is 250 g/mol. The maximum atomic E-state index is 12.2. The number of amides is 1. The van der Waals surface area contributed by atoms with Crippen LogP contribution in [0.1, 0.15) is 36.8 Å². The fourth-order valence-electron chi connectivity index (χ4n) is 2.69. The Bertz CT molecular complexity index is 464. The van der Waals surface area contributed by atoms with Gasteiger partial charge in [0.15, 0.2) is 0 Å². The maximum Gasteiger partial charge on any atom is 0.246 e. The zero-order valence-corrected chi connectivity index (χ0v) is 12.1. The van der Waals surface area contributed by atoms with Gasteiger partial charge < -0.3 is 10.0 Å². The molecule has 3 nitrogen and oxygen atoms in total. The molecule has 0 bridgehead atoms. The van der Waals surface area contributed by atoms with Crippen molar-refractivity contribution in [3.63, 3.8) is 0 Å². The van der Waals surface area contributed by atoms with Gasteiger partial charge in [-0.25, -0.2) is 0 Å². The van der Waals surface area contributed by atoms with Crippen molar-refractivity contribution < 1.29 is 9.90 Å². The molecule has 1 unspecified atom stereocenters. The van der Waals surface area contributed by atoms with Crippen LogP contribution in [-0.2, 0) is 4.79 Å². The van der Waals surface area contributed by atoms with Crippen molar-refractivity contribution in [2.75, 3.05) is 13.2 Å². The third kappa shape index (κ3) is 3.94. The number of benzene rings is 1. The van der Waals surface area contributed by atoms with Crippen LogP contribution in [0.15, 0.2) is 30.3 Å². The highest BCUT2D eigenvalue weighted by Gasteiger charge is 2.26. The number of aryl methyl sites for hydroxylation is 1. The molecule has 0 aliphatic carbocycles.